The molecule has 84 valence electrons. The molecular weight excluding hydrogens is 317 g/mol. The first-order valence-electron chi connectivity index (χ1n) is 3.40. The monoisotopic (exact) mass is 320 g/mol. The van der Waals surface area contributed by atoms with E-state index < -0.39 is 27.2 Å². The van der Waals surface area contributed by atoms with Crippen molar-refractivity contribution in [1.29, 1.82) is 0 Å². The molecule has 2 N–H and O–H groups in total. The van der Waals surface area contributed by atoms with E-state index in [1.807, 2.05) is 0 Å². The van der Waals surface area contributed by atoms with Crippen LogP contribution < -0.4 is 5.14 Å². The fourth-order valence-electron chi connectivity index (χ4n) is 0.816. The minimum absolute atomic E-state index is 0.0742. The molecule has 1 aromatic heterocycles. The van der Waals surface area contributed by atoms with Crippen LogP contribution in [0.5, 0.6) is 0 Å². The Kier molecular flexibility index (Phi) is 3.64. The number of alkyl halides is 2. The van der Waals surface area contributed by atoms with Gasteiger partial charge >= 0.3 is 0 Å². The lowest BCUT2D eigenvalue weighted by molar-refractivity contribution is 0.144. The summed E-state index contributed by atoms with van der Waals surface area (Å²) in [6.45, 7) is 0. The van der Waals surface area contributed by atoms with E-state index in [0.717, 1.165) is 6.07 Å². The van der Waals surface area contributed by atoms with E-state index in [9.17, 15) is 17.2 Å². The van der Waals surface area contributed by atoms with Crippen LogP contribution in [-0.4, -0.2) is 13.4 Å². The predicted octanol–water partition coefficient (Wildman–Crippen LogP) is 2.08. The van der Waals surface area contributed by atoms with Gasteiger partial charge in [0.05, 0.1) is 5.02 Å². The summed E-state index contributed by atoms with van der Waals surface area (Å²) in [5.41, 5.74) is -0.719. The maximum Gasteiger partial charge on any atom is 0.281 e. The molecule has 1 aromatic rings. The quantitative estimate of drug-likeness (QED) is 0.906. The number of hydrogen-bond acceptors (Lipinski definition) is 3. The number of halogens is 4. The molecule has 0 saturated heterocycles. The van der Waals surface area contributed by atoms with E-state index in [4.69, 9.17) is 16.7 Å². The van der Waals surface area contributed by atoms with Crippen LogP contribution in [0.2, 0.25) is 5.02 Å². The Labute approximate surface area is 97.6 Å². The molecule has 0 aliphatic rings. The van der Waals surface area contributed by atoms with Crippen LogP contribution in [0.3, 0.4) is 0 Å². The summed E-state index contributed by atoms with van der Waals surface area (Å²) in [7, 11) is -4.20. The molecule has 0 fully saturated rings. The van der Waals surface area contributed by atoms with Gasteiger partial charge in [0.25, 0.3) is 16.4 Å². The third-order valence-corrected chi connectivity index (χ3v) is 3.29. The fraction of sp³-hybridized carbons (Fsp3) is 0.167. The van der Waals surface area contributed by atoms with Gasteiger partial charge < -0.3 is 0 Å². The number of nitrogens with two attached hydrogens (primary N) is 1. The molecule has 0 spiro atoms. The summed E-state index contributed by atoms with van der Waals surface area (Å²) in [5.74, 6) is 0. The van der Waals surface area contributed by atoms with Crippen LogP contribution in [0.1, 0.15) is 12.1 Å². The molecular formula is C6H4BrClF2N2O2S. The van der Waals surface area contributed by atoms with E-state index in [-0.39, 0.29) is 9.50 Å². The van der Waals surface area contributed by atoms with Crippen molar-refractivity contribution in [1.82, 2.24) is 4.98 Å². The lowest BCUT2D eigenvalue weighted by Gasteiger charge is -2.06. The maximum atomic E-state index is 12.4. The van der Waals surface area contributed by atoms with E-state index in [1.54, 1.807) is 0 Å². The van der Waals surface area contributed by atoms with Gasteiger partial charge in [-0.1, -0.05) is 11.6 Å². The van der Waals surface area contributed by atoms with Crippen LogP contribution in [0.4, 0.5) is 8.78 Å². The molecule has 0 radical (unpaired) electrons. The van der Waals surface area contributed by atoms with Crippen molar-refractivity contribution in [3.63, 3.8) is 0 Å². The summed E-state index contributed by atoms with van der Waals surface area (Å²) < 4.78 is 46.5. The Morgan fingerprint density at radius 2 is 2.07 bits per heavy atom. The first-order valence-corrected chi connectivity index (χ1v) is 6.12. The van der Waals surface area contributed by atoms with Gasteiger partial charge in [0.15, 0.2) is 5.03 Å². The molecule has 4 nitrogen and oxygen atoms in total. The number of pyridine rings is 1. The summed E-state index contributed by atoms with van der Waals surface area (Å²) in [5, 5.41) is 3.67. The van der Waals surface area contributed by atoms with Crippen LogP contribution in [0, 0.1) is 0 Å². The molecule has 9 heteroatoms. The summed E-state index contributed by atoms with van der Waals surface area (Å²) in [6.07, 6.45) is -2.92. The third-order valence-electron chi connectivity index (χ3n) is 1.40. The molecule has 0 bridgehead atoms. The van der Waals surface area contributed by atoms with Gasteiger partial charge in [0.2, 0.25) is 0 Å². The van der Waals surface area contributed by atoms with Crippen molar-refractivity contribution in [3.8, 4) is 0 Å². The maximum absolute atomic E-state index is 12.4. The zero-order chi connectivity index (χ0) is 11.8. The molecule has 1 rings (SSSR count). The van der Waals surface area contributed by atoms with Gasteiger partial charge in [-0.05, 0) is 22.0 Å². The van der Waals surface area contributed by atoms with Crippen molar-refractivity contribution in [3.05, 3.63) is 21.3 Å². The second-order valence-electron chi connectivity index (χ2n) is 2.49. The third kappa shape index (κ3) is 2.83. The van der Waals surface area contributed by atoms with Crippen LogP contribution in [0.25, 0.3) is 0 Å². The number of rotatable bonds is 2. The molecule has 0 unspecified atom stereocenters. The van der Waals surface area contributed by atoms with Gasteiger partial charge in [-0.25, -0.2) is 27.3 Å². The van der Waals surface area contributed by atoms with Crippen molar-refractivity contribution >= 4 is 37.6 Å². The van der Waals surface area contributed by atoms with Gasteiger partial charge in [-0.2, -0.15) is 0 Å². The second kappa shape index (κ2) is 4.28. The first-order chi connectivity index (χ1) is 6.73. The Bertz CT molecular complexity index is 494. The normalized spacial score (nSPS) is 12.1. The second-order valence-corrected chi connectivity index (χ2v) is 5.23. The Balaban J connectivity index is 3.50. The average Bonchev–Trinajstić information content (AvgIpc) is 2.00. The highest BCUT2D eigenvalue weighted by molar-refractivity contribution is 9.10. The van der Waals surface area contributed by atoms with E-state index in [1.165, 1.54) is 0 Å². The molecule has 0 aliphatic carbocycles. The first kappa shape index (κ1) is 12.8. The molecule has 0 aliphatic heterocycles. The van der Waals surface area contributed by atoms with E-state index in [2.05, 4.69) is 20.9 Å². The predicted molar refractivity (Wildman–Crippen MR) is 53.3 cm³/mol. The van der Waals surface area contributed by atoms with Crippen LogP contribution in [-0.2, 0) is 10.0 Å². The largest absolute Gasteiger partial charge is 0.281 e. The number of sulfonamides is 1. The molecule has 1 heterocycles. The molecule has 0 saturated carbocycles. The number of hydrogen-bond donors (Lipinski definition) is 1. The Hall–Kier alpha value is -0.310. The summed E-state index contributed by atoms with van der Waals surface area (Å²) in [4.78, 5) is 3.20. The van der Waals surface area contributed by atoms with E-state index in [0.29, 0.717) is 0 Å². The molecule has 15 heavy (non-hydrogen) atoms. The lowest BCUT2D eigenvalue weighted by Crippen LogP contribution is -2.15. The van der Waals surface area contributed by atoms with Gasteiger partial charge in [-0.3, -0.25) is 0 Å². The summed E-state index contributed by atoms with van der Waals surface area (Å²) >= 11 is 8.28. The standard InChI is InChI=1S/C6H4BrClF2N2O2S/c7-2-1-3(8)6(15(11,13)14)12-4(2)5(9)10/h1,5H,(H2,11,13,14). The van der Waals surface area contributed by atoms with Crippen LogP contribution in [0.15, 0.2) is 15.6 Å². The zero-order valence-corrected chi connectivity index (χ0v) is 10.1. The van der Waals surface area contributed by atoms with Crippen molar-refractivity contribution in [2.45, 2.75) is 11.5 Å². The molecule has 0 atom stereocenters. The van der Waals surface area contributed by atoms with Gasteiger partial charge in [0, 0.05) is 4.47 Å². The Morgan fingerprint density at radius 3 is 2.47 bits per heavy atom. The van der Waals surface area contributed by atoms with E-state index >= 15 is 0 Å². The highest BCUT2D eigenvalue weighted by Gasteiger charge is 2.22. The number of primary sulfonamides is 1. The fourth-order valence-corrected chi connectivity index (χ4v) is 2.47. The van der Waals surface area contributed by atoms with Crippen molar-refractivity contribution < 1.29 is 17.2 Å². The van der Waals surface area contributed by atoms with Gasteiger partial charge in [-0.15, -0.1) is 0 Å². The molecule has 0 aromatic carbocycles. The topological polar surface area (TPSA) is 73.1 Å². The Morgan fingerprint density at radius 1 is 1.53 bits per heavy atom. The SMILES string of the molecule is NS(=O)(=O)c1nc(C(F)F)c(Br)cc1Cl. The number of nitrogens with zero attached hydrogens (tertiary/aromatic N) is 1. The van der Waals surface area contributed by atoms with Crippen molar-refractivity contribution in [2.24, 2.45) is 5.14 Å². The summed E-state index contributed by atoms with van der Waals surface area (Å²) in [6, 6.07) is 1.01. The average molecular weight is 322 g/mol. The van der Waals surface area contributed by atoms with Crippen LogP contribution >= 0.6 is 27.5 Å². The van der Waals surface area contributed by atoms with Gasteiger partial charge in [0.1, 0.15) is 5.69 Å². The minimum Gasteiger partial charge on any atom is -0.231 e. The molecule has 0 amide bonds. The number of aromatic nitrogens is 1. The smallest absolute Gasteiger partial charge is 0.231 e. The van der Waals surface area contributed by atoms with Crippen molar-refractivity contribution in [2.75, 3.05) is 0 Å². The highest BCUT2D eigenvalue weighted by atomic mass is 79.9. The zero-order valence-electron chi connectivity index (χ0n) is 6.92. The minimum atomic E-state index is -4.20. The highest BCUT2D eigenvalue weighted by Crippen LogP contribution is 2.30. The lowest BCUT2D eigenvalue weighted by atomic mass is 10.4.